The normalized spacial score (nSPS) is 21.1. The van der Waals surface area contributed by atoms with Gasteiger partial charge in [0.1, 0.15) is 5.00 Å². The van der Waals surface area contributed by atoms with Gasteiger partial charge >= 0.3 is 0 Å². The number of hydrogen-bond acceptors (Lipinski definition) is 4. The lowest BCUT2D eigenvalue weighted by atomic mass is 10.2. The second-order valence-corrected chi connectivity index (χ2v) is 5.46. The summed E-state index contributed by atoms with van der Waals surface area (Å²) < 4.78 is 4.45. The predicted octanol–water partition coefficient (Wildman–Crippen LogP) is 2.80. The lowest BCUT2D eigenvalue weighted by Gasteiger charge is -2.19. The smallest absolute Gasteiger partial charge is 0.117 e. The highest BCUT2D eigenvalue weighted by atomic mass is 32.1. The molecule has 0 radical (unpaired) electrons. The van der Waals surface area contributed by atoms with E-state index in [1.54, 1.807) is 11.5 Å². The van der Waals surface area contributed by atoms with Crippen molar-refractivity contribution in [2.75, 3.05) is 25.5 Å². The Morgan fingerprint density at radius 3 is 3.18 bits per heavy atom. The third-order valence-electron chi connectivity index (χ3n) is 3.55. The molecule has 17 heavy (non-hydrogen) atoms. The van der Waals surface area contributed by atoms with Crippen LogP contribution in [-0.4, -0.2) is 35.5 Å². The number of nitrogens with zero attached hydrogens (tertiary/aromatic N) is 2. The first-order valence-corrected chi connectivity index (χ1v) is 6.90. The second kappa shape index (κ2) is 4.63. The number of nitrogens with one attached hydrogen (secondary N) is 1. The minimum absolute atomic E-state index is 0.677. The fraction of sp³-hybridized carbons (Fsp3) is 0.462. The van der Waals surface area contributed by atoms with Crippen molar-refractivity contribution < 1.29 is 0 Å². The number of likely N-dealkylation sites (tertiary alicyclic amines) is 1. The molecule has 0 spiro atoms. The molecule has 2 aromatic rings. The van der Waals surface area contributed by atoms with Gasteiger partial charge in [0, 0.05) is 18.0 Å². The Morgan fingerprint density at radius 2 is 2.35 bits per heavy atom. The first-order chi connectivity index (χ1) is 8.34. The third kappa shape index (κ3) is 2.15. The number of likely N-dealkylation sites (N-methyl/N-ethyl adjacent to an activating group) is 1. The van der Waals surface area contributed by atoms with Gasteiger partial charge in [0.2, 0.25) is 0 Å². The Bertz CT molecular complexity index is 508. The highest BCUT2D eigenvalue weighted by Crippen LogP contribution is 2.27. The van der Waals surface area contributed by atoms with Crippen LogP contribution in [0.25, 0.3) is 10.9 Å². The van der Waals surface area contributed by atoms with Gasteiger partial charge in [-0.1, -0.05) is 12.1 Å². The van der Waals surface area contributed by atoms with Crippen LogP contribution in [0.2, 0.25) is 0 Å². The number of aromatic nitrogens is 1. The zero-order valence-corrected chi connectivity index (χ0v) is 10.8. The summed E-state index contributed by atoms with van der Waals surface area (Å²) in [6, 6.07) is 8.99. The van der Waals surface area contributed by atoms with Gasteiger partial charge in [-0.25, -0.2) is 0 Å². The standard InChI is InChI=1S/C13H17N3S/c1-16-8-4-5-10(16)9-14-13-11-6-2-3-7-12(11)15-17-13/h2-3,6-7,10,14H,4-5,8-9H2,1H3. The van der Waals surface area contributed by atoms with E-state index in [1.807, 2.05) is 6.07 Å². The third-order valence-corrected chi connectivity index (χ3v) is 4.39. The van der Waals surface area contributed by atoms with E-state index in [-0.39, 0.29) is 0 Å². The van der Waals surface area contributed by atoms with E-state index in [2.05, 4.69) is 39.8 Å². The van der Waals surface area contributed by atoms with E-state index >= 15 is 0 Å². The Morgan fingerprint density at radius 1 is 1.47 bits per heavy atom. The Kier molecular flexibility index (Phi) is 2.99. The van der Waals surface area contributed by atoms with Gasteiger partial charge in [-0.15, -0.1) is 0 Å². The molecule has 1 aromatic heterocycles. The number of rotatable bonds is 3. The molecule has 1 aliphatic rings. The van der Waals surface area contributed by atoms with Gasteiger partial charge in [0.25, 0.3) is 0 Å². The zero-order chi connectivity index (χ0) is 11.7. The number of benzene rings is 1. The maximum atomic E-state index is 4.45. The SMILES string of the molecule is CN1CCCC1CNc1snc2ccccc12. The minimum atomic E-state index is 0.677. The van der Waals surface area contributed by atoms with Crippen LogP contribution >= 0.6 is 11.5 Å². The molecular weight excluding hydrogens is 230 g/mol. The topological polar surface area (TPSA) is 28.2 Å². The lowest BCUT2D eigenvalue weighted by molar-refractivity contribution is 0.322. The molecule has 0 saturated carbocycles. The highest BCUT2D eigenvalue weighted by Gasteiger charge is 2.20. The van der Waals surface area contributed by atoms with Gasteiger partial charge in [0.15, 0.2) is 0 Å². The fourth-order valence-corrected chi connectivity index (χ4v) is 3.23. The maximum absolute atomic E-state index is 4.45. The first kappa shape index (κ1) is 11.0. The molecule has 0 amide bonds. The van der Waals surface area contributed by atoms with Gasteiger partial charge in [-0.3, -0.25) is 0 Å². The van der Waals surface area contributed by atoms with Crippen molar-refractivity contribution in [3.05, 3.63) is 24.3 Å². The fourth-order valence-electron chi connectivity index (χ4n) is 2.46. The van der Waals surface area contributed by atoms with E-state index in [0.717, 1.165) is 12.1 Å². The summed E-state index contributed by atoms with van der Waals surface area (Å²) in [7, 11) is 2.21. The summed E-state index contributed by atoms with van der Waals surface area (Å²) in [5, 5.41) is 6.01. The molecule has 90 valence electrons. The number of hydrogen-bond donors (Lipinski definition) is 1. The summed E-state index contributed by atoms with van der Waals surface area (Å²) in [4.78, 5) is 2.44. The summed E-state index contributed by atoms with van der Waals surface area (Å²) >= 11 is 1.57. The minimum Gasteiger partial charge on any atom is -0.374 e. The molecule has 0 bridgehead atoms. The van der Waals surface area contributed by atoms with Gasteiger partial charge in [-0.05, 0) is 50.1 Å². The van der Waals surface area contributed by atoms with Crippen LogP contribution in [0.15, 0.2) is 24.3 Å². The molecular formula is C13H17N3S. The summed E-state index contributed by atoms with van der Waals surface area (Å²) in [5.74, 6) is 0. The van der Waals surface area contributed by atoms with E-state index < -0.39 is 0 Å². The molecule has 1 aliphatic heterocycles. The van der Waals surface area contributed by atoms with Gasteiger partial charge in [0.05, 0.1) is 5.52 Å². The van der Waals surface area contributed by atoms with Crippen LogP contribution in [0.5, 0.6) is 0 Å². The van der Waals surface area contributed by atoms with Gasteiger partial charge < -0.3 is 10.2 Å². The van der Waals surface area contributed by atoms with Crippen LogP contribution in [0.1, 0.15) is 12.8 Å². The van der Waals surface area contributed by atoms with Crippen molar-refractivity contribution in [2.24, 2.45) is 0 Å². The van der Waals surface area contributed by atoms with Crippen LogP contribution in [-0.2, 0) is 0 Å². The molecule has 3 rings (SSSR count). The Hall–Kier alpha value is -1.13. The zero-order valence-electron chi connectivity index (χ0n) is 10.0. The average molecular weight is 247 g/mol. The molecule has 1 saturated heterocycles. The van der Waals surface area contributed by atoms with Crippen LogP contribution < -0.4 is 5.32 Å². The Balaban J connectivity index is 1.72. The van der Waals surface area contributed by atoms with Crippen LogP contribution in [0, 0.1) is 0 Å². The monoisotopic (exact) mass is 247 g/mol. The van der Waals surface area contributed by atoms with Crippen molar-refractivity contribution >= 4 is 27.4 Å². The highest BCUT2D eigenvalue weighted by molar-refractivity contribution is 7.11. The lowest BCUT2D eigenvalue weighted by Crippen LogP contribution is -2.31. The average Bonchev–Trinajstić information content (AvgIpc) is 2.93. The van der Waals surface area contributed by atoms with Crippen molar-refractivity contribution in [3.8, 4) is 0 Å². The molecule has 1 atom stereocenters. The number of anilines is 1. The molecule has 2 heterocycles. The van der Waals surface area contributed by atoms with Crippen molar-refractivity contribution in [2.45, 2.75) is 18.9 Å². The molecule has 3 nitrogen and oxygen atoms in total. The van der Waals surface area contributed by atoms with Gasteiger partial charge in [-0.2, -0.15) is 4.37 Å². The quantitative estimate of drug-likeness (QED) is 0.904. The van der Waals surface area contributed by atoms with Crippen LogP contribution in [0.4, 0.5) is 5.00 Å². The first-order valence-electron chi connectivity index (χ1n) is 6.13. The second-order valence-electron chi connectivity index (χ2n) is 4.69. The van der Waals surface area contributed by atoms with E-state index in [4.69, 9.17) is 0 Å². The molecule has 1 unspecified atom stereocenters. The predicted molar refractivity (Wildman–Crippen MR) is 73.8 cm³/mol. The summed E-state index contributed by atoms with van der Waals surface area (Å²) in [6.45, 7) is 2.26. The molecule has 4 heteroatoms. The van der Waals surface area contributed by atoms with Crippen molar-refractivity contribution in [1.29, 1.82) is 0 Å². The summed E-state index contributed by atoms with van der Waals surface area (Å²) in [5.41, 5.74) is 1.10. The molecule has 0 aliphatic carbocycles. The van der Waals surface area contributed by atoms with E-state index in [0.29, 0.717) is 6.04 Å². The summed E-state index contributed by atoms with van der Waals surface area (Å²) in [6.07, 6.45) is 2.63. The maximum Gasteiger partial charge on any atom is 0.117 e. The van der Waals surface area contributed by atoms with Crippen molar-refractivity contribution in [3.63, 3.8) is 0 Å². The van der Waals surface area contributed by atoms with E-state index in [9.17, 15) is 0 Å². The number of fused-ring (bicyclic) bond motifs is 1. The largest absolute Gasteiger partial charge is 0.374 e. The van der Waals surface area contributed by atoms with E-state index in [1.165, 1.54) is 29.8 Å². The molecule has 1 fully saturated rings. The molecule has 1 aromatic carbocycles. The van der Waals surface area contributed by atoms with Crippen LogP contribution in [0.3, 0.4) is 0 Å². The molecule has 1 N–H and O–H groups in total. The Labute approximate surface area is 106 Å². The van der Waals surface area contributed by atoms with Crippen molar-refractivity contribution in [1.82, 2.24) is 9.27 Å².